The first-order valence-electron chi connectivity index (χ1n) is 6.33. The SMILES string of the molecule is Cc1cc(Br)ccc1CNC(=O)C1(N)CCCC1. The minimum Gasteiger partial charge on any atom is -0.350 e. The van der Waals surface area contributed by atoms with Gasteiger partial charge in [-0.15, -0.1) is 0 Å². The lowest BCUT2D eigenvalue weighted by atomic mass is 9.98. The van der Waals surface area contributed by atoms with Gasteiger partial charge in [0.15, 0.2) is 0 Å². The zero-order valence-corrected chi connectivity index (χ0v) is 12.2. The zero-order chi connectivity index (χ0) is 13.2. The third kappa shape index (κ3) is 2.93. The molecule has 0 atom stereocenters. The van der Waals surface area contributed by atoms with Crippen LogP contribution in [0, 0.1) is 6.92 Å². The Morgan fingerprint density at radius 1 is 1.44 bits per heavy atom. The van der Waals surface area contributed by atoms with Crippen LogP contribution in [-0.2, 0) is 11.3 Å². The molecular weight excluding hydrogens is 292 g/mol. The summed E-state index contributed by atoms with van der Waals surface area (Å²) in [5, 5.41) is 2.96. The number of benzene rings is 1. The fraction of sp³-hybridized carbons (Fsp3) is 0.500. The predicted octanol–water partition coefficient (Wildman–Crippen LogP) is 2.65. The molecule has 1 aliphatic carbocycles. The van der Waals surface area contributed by atoms with Gasteiger partial charge >= 0.3 is 0 Å². The van der Waals surface area contributed by atoms with Crippen molar-refractivity contribution < 1.29 is 4.79 Å². The number of hydrogen-bond acceptors (Lipinski definition) is 2. The molecule has 0 spiro atoms. The van der Waals surface area contributed by atoms with Gasteiger partial charge in [0.05, 0.1) is 5.54 Å². The number of hydrogen-bond donors (Lipinski definition) is 2. The number of carbonyl (C=O) groups excluding carboxylic acids is 1. The minimum atomic E-state index is -0.636. The lowest BCUT2D eigenvalue weighted by Gasteiger charge is -2.22. The molecule has 1 aromatic carbocycles. The van der Waals surface area contributed by atoms with Gasteiger partial charge in [0.1, 0.15) is 0 Å². The third-order valence-electron chi connectivity index (χ3n) is 3.69. The van der Waals surface area contributed by atoms with Crippen LogP contribution < -0.4 is 11.1 Å². The molecule has 0 aliphatic heterocycles. The Morgan fingerprint density at radius 2 is 2.11 bits per heavy atom. The number of rotatable bonds is 3. The van der Waals surface area contributed by atoms with Crippen LogP contribution in [0.1, 0.15) is 36.8 Å². The summed E-state index contributed by atoms with van der Waals surface area (Å²) in [6.45, 7) is 2.59. The molecule has 1 aromatic rings. The maximum atomic E-state index is 12.1. The summed E-state index contributed by atoms with van der Waals surface area (Å²) in [5.74, 6) is -0.0117. The molecule has 0 radical (unpaired) electrons. The van der Waals surface area contributed by atoms with E-state index in [1.807, 2.05) is 19.1 Å². The van der Waals surface area contributed by atoms with Crippen molar-refractivity contribution in [3.63, 3.8) is 0 Å². The molecule has 0 bridgehead atoms. The largest absolute Gasteiger partial charge is 0.350 e. The van der Waals surface area contributed by atoms with Gasteiger partial charge < -0.3 is 11.1 Å². The van der Waals surface area contributed by atoms with Crippen molar-refractivity contribution in [1.82, 2.24) is 5.32 Å². The molecule has 1 aliphatic rings. The van der Waals surface area contributed by atoms with Gasteiger partial charge in [-0.2, -0.15) is 0 Å². The summed E-state index contributed by atoms with van der Waals surface area (Å²) in [7, 11) is 0. The molecule has 0 unspecified atom stereocenters. The molecule has 0 aromatic heterocycles. The van der Waals surface area contributed by atoms with Gasteiger partial charge in [0.2, 0.25) is 5.91 Å². The first-order valence-corrected chi connectivity index (χ1v) is 7.13. The maximum absolute atomic E-state index is 12.1. The van der Waals surface area contributed by atoms with E-state index in [9.17, 15) is 4.79 Å². The van der Waals surface area contributed by atoms with Crippen molar-refractivity contribution in [1.29, 1.82) is 0 Å². The number of amides is 1. The van der Waals surface area contributed by atoms with Crippen LogP contribution in [0.25, 0.3) is 0 Å². The highest BCUT2D eigenvalue weighted by atomic mass is 79.9. The molecule has 0 heterocycles. The average molecular weight is 311 g/mol. The lowest BCUT2D eigenvalue weighted by Crippen LogP contribution is -2.51. The standard InChI is InChI=1S/C14H19BrN2O/c1-10-8-12(15)5-4-11(10)9-17-13(18)14(16)6-2-3-7-14/h4-5,8H,2-3,6-7,9,16H2,1H3,(H,17,18). The van der Waals surface area contributed by atoms with Gasteiger partial charge in [-0.05, 0) is 43.0 Å². The van der Waals surface area contributed by atoms with Crippen molar-refractivity contribution in [2.75, 3.05) is 0 Å². The lowest BCUT2D eigenvalue weighted by molar-refractivity contribution is -0.126. The Morgan fingerprint density at radius 3 is 2.72 bits per heavy atom. The van der Waals surface area contributed by atoms with E-state index in [1.54, 1.807) is 0 Å². The van der Waals surface area contributed by atoms with Gasteiger partial charge in [-0.3, -0.25) is 4.79 Å². The number of nitrogens with one attached hydrogen (secondary N) is 1. The molecule has 3 N–H and O–H groups in total. The van der Waals surface area contributed by atoms with E-state index in [0.29, 0.717) is 6.54 Å². The van der Waals surface area contributed by atoms with E-state index in [-0.39, 0.29) is 5.91 Å². The van der Waals surface area contributed by atoms with Crippen LogP contribution in [0.3, 0.4) is 0 Å². The molecule has 3 nitrogen and oxygen atoms in total. The van der Waals surface area contributed by atoms with E-state index in [0.717, 1.165) is 35.7 Å². The smallest absolute Gasteiger partial charge is 0.240 e. The summed E-state index contributed by atoms with van der Waals surface area (Å²) in [6, 6.07) is 6.06. The maximum Gasteiger partial charge on any atom is 0.240 e. The number of aryl methyl sites for hydroxylation is 1. The summed E-state index contributed by atoms with van der Waals surface area (Å²) in [6.07, 6.45) is 3.72. The number of carbonyl (C=O) groups is 1. The number of nitrogens with two attached hydrogens (primary N) is 1. The molecule has 0 saturated heterocycles. The predicted molar refractivity (Wildman–Crippen MR) is 76.1 cm³/mol. The zero-order valence-electron chi connectivity index (χ0n) is 10.6. The van der Waals surface area contributed by atoms with Crippen LogP contribution in [-0.4, -0.2) is 11.4 Å². The summed E-state index contributed by atoms with van der Waals surface area (Å²) < 4.78 is 1.06. The van der Waals surface area contributed by atoms with E-state index < -0.39 is 5.54 Å². The Balaban J connectivity index is 1.97. The van der Waals surface area contributed by atoms with E-state index in [2.05, 4.69) is 27.3 Å². The topological polar surface area (TPSA) is 55.1 Å². The summed E-state index contributed by atoms with van der Waals surface area (Å²) >= 11 is 3.43. The fourth-order valence-electron chi connectivity index (χ4n) is 2.44. The van der Waals surface area contributed by atoms with Crippen molar-refractivity contribution in [3.05, 3.63) is 33.8 Å². The van der Waals surface area contributed by atoms with Crippen molar-refractivity contribution in [2.24, 2.45) is 5.73 Å². The third-order valence-corrected chi connectivity index (χ3v) is 4.19. The molecule has 1 fully saturated rings. The van der Waals surface area contributed by atoms with Gasteiger partial charge in [-0.25, -0.2) is 0 Å². The Kier molecular flexibility index (Phi) is 4.07. The highest BCUT2D eigenvalue weighted by Gasteiger charge is 2.36. The highest BCUT2D eigenvalue weighted by molar-refractivity contribution is 9.10. The monoisotopic (exact) mass is 310 g/mol. The molecule has 4 heteroatoms. The summed E-state index contributed by atoms with van der Waals surface area (Å²) in [5.41, 5.74) is 7.77. The van der Waals surface area contributed by atoms with Gasteiger partial charge in [0.25, 0.3) is 0 Å². The van der Waals surface area contributed by atoms with Crippen LogP contribution in [0.5, 0.6) is 0 Å². The van der Waals surface area contributed by atoms with Crippen LogP contribution in [0.4, 0.5) is 0 Å². The molecule has 1 amide bonds. The van der Waals surface area contributed by atoms with Crippen LogP contribution in [0.2, 0.25) is 0 Å². The van der Waals surface area contributed by atoms with E-state index >= 15 is 0 Å². The quantitative estimate of drug-likeness (QED) is 0.901. The van der Waals surface area contributed by atoms with Crippen molar-refractivity contribution in [2.45, 2.75) is 44.7 Å². The molecule has 2 rings (SSSR count). The molecular formula is C14H19BrN2O. The number of halogens is 1. The molecule has 1 saturated carbocycles. The second-order valence-electron chi connectivity index (χ2n) is 5.12. The second-order valence-corrected chi connectivity index (χ2v) is 6.03. The minimum absolute atomic E-state index is 0.0117. The average Bonchev–Trinajstić information content (AvgIpc) is 2.76. The van der Waals surface area contributed by atoms with Crippen LogP contribution >= 0.6 is 15.9 Å². The van der Waals surface area contributed by atoms with Crippen molar-refractivity contribution >= 4 is 21.8 Å². The fourth-order valence-corrected chi connectivity index (χ4v) is 2.92. The Labute approximate surface area is 116 Å². The van der Waals surface area contributed by atoms with Gasteiger partial charge in [-0.1, -0.05) is 34.8 Å². The Hall–Kier alpha value is -0.870. The Bertz CT molecular complexity index is 453. The van der Waals surface area contributed by atoms with E-state index in [1.165, 1.54) is 5.56 Å². The van der Waals surface area contributed by atoms with Crippen molar-refractivity contribution in [3.8, 4) is 0 Å². The molecule has 98 valence electrons. The summed E-state index contributed by atoms with van der Waals surface area (Å²) in [4.78, 5) is 12.1. The first kappa shape index (κ1) is 13.6. The van der Waals surface area contributed by atoms with E-state index in [4.69, 9.17) is 5.73 Å². The van der Waals surface area contributed by atoms with Crippen LogP contribution in [0.15, 0.2) is 22.7 Å². The van der Waals surface area contributed by atoms with Gasteiger partial charge in [0, 0.05) is 11.0 Å². The highest BCUT2D eigenvalue weighted by Crippen LogP contribution is 2.27. The normalized spacial score (nSPS) is 17.7. The second kappa shape index (κ2) is 5.41. The first-order chi connectivity index (χ1) is 8.51. The molecule has 18 heavy (non-hydrogen) atoms.